The van der Waals surface area contributed by atoms with Crippen LogP contribution in [0, 0.1) is 11.5 Å². The molecule has 0 bridgehead atoms. The number of nitrogens with one attached hydrogen (secondary N) is 2. The first-order valence-corrected chi connectivity index (χ1v) is 9.62. The minimum Gasteiger partial charge on any atom is -0.370 e. The molecule has 154 valence electrons. The van der Waals surface area contributed by atoms with Gasteiger partial charge in [0.1, 0.15) is 0 Å². The SMILES string of the molecule is N#CNC(N)=NCCCCCCN=C(N)NC(N)=NCCCCCCCN. The van der Waals surface area contributed by atoms with Crippen LogP contribution in [0.25, 0.3) is 0 Å². The molecule has 0 fully saturated rings. The highest BCUT2D eigenvalue weighted by Gasteiger charge is 1.96. The van der Waals surface area contributed by atoms with E-state index >= 15 is 0 Å². The van der Waals surface area contributed by atoms with Gasteiger partial charge < -0.3 is 22.9 Å². The zero-order valence-corrected chi connectivity index (χ0v) is 16.3. The third-order valence-electron chi connectivity index (χ3n) is 3.72. The number of rotatable bonds is 14. The first-order valence-electron chi connectivity index (χ1n) is 9.62. The molecule has 0 atom stereocenters. The van der Waals surface area contributed by atoms with Gasteiger partial charge in [-0.2, -0.15) is 5.26 Å². The first kappa shape index (κ1) is 24.5. The summed E-state index contributed by atoms with van der Waals surface area (Å²) in [4.78, 5) is 12.5. The smallest absolute Gasteiger partial charge is 0.202 e. The Balaban J connectivity index is 3.67. The Morgan fingerprint density at radius 3 is 1.52 bits per heavy atom. The monoisotopic (exact) mass is 380 g/mol. The van der Waals surface area contributed by atoms with E-state index in [0.717, 1.165) is 51.5 Å². The highest BCUT2D eigenvalue weighted by molar-refractivity contribution is 5.97. The van der Waals surface area contributed by atoms with Crippen molar-refractivity contribution in [2.75, 3.05) is 26.2 Å². The van der Waals surface area contributed by atoms with Crippen molar-refractivity contribution in [2.24, 2.45) is 37.9 Å². The molecule has 0 aliphatic rings. The predicted molar refractivity (Wildman–Crippen MR) is 112 cm³/mol. The lowest BCUT2D eigenvalue weighted by Gasteiger charge is -2.05. The number of nitrogens with two attached hydrogens (primary N) is 4. The number of hydrogen-bond donors (Lipinski definition) is 6. The molecule has 0 saturated carbocycles. The van der Waals surface area contributed by atoms with E-state index in [-0.39, 0.29) is 5.96 Å². The van der Waals surface area contributed by atoms with Gasteiger partial charge in [0, 0.05) is 19.6 Å². The van der Waals surface area contributed by atoms with Gasteiger partial charge in [0.15, 0.2) is 18.1 Å². The van der Waals surface area contributed by atoms with Crippen LogP contribution in [0.1, 0.15) is 57.8 Å². The second kappa shape index (κ2) is 18.3. The van der Waals surface area contributed by atoms with Crippen LogP contribution >= 0.6 is 0 Å². The van der Waals surface area contributed by atoms with E-state index in [0.29, 0.717) is 31.6 Å². The zero-order chi connectivity index (χ0) is 20.2. The highest BCUT2D eigenvalue weighted by atomic mass is 15.2. The number of nitriles is 1. The average molecular weight is 381 g/mol. The molecule has 0 rings (SSSR count). The third-order valence-corrected chi connectivity index (χ3v) is 3.72. The van der Waals surface area contributed by atoms with Crippen molar-refractivity contribution in [2.45, 2.75) is 57.8 Å². The summed E-state index contributed by atoms with van der Waals surface area (Å²) in [5.41, 5.74) is 22.5. The van der Waals surface area contributed by atoms with Crippen molar-refractivity contribution < 1.29 is 0 Å². The summed E-state index contributed by atoms with van der Waals surface area (Å²) in [5.74, 6) is 0.755. The normalized spacial score (nSPS) is 12.7. The molecule has 10 nitrogen and oxygen atoms in total. The molecular formula is C17H36N10. The molecule has 0 aliphatic carbocycles. The Morgan fingerprint density at radius 2 is 1.07 bits per heavy atom. The van der Waals surface area contributed by atoms with E-state index in [1.54, 1.807) is 6.19 Å². The van der Waals surface area contributed by atoms with Crippen LogP contribution < -0.4 is 33.6 Å². The molecule has 0 aromatic carbocycles. The number of unbranched alkanes of at least 4 members (excludes halogenated alkanes) is 7. The Kier molecular flexibility index (Phi) is 16.5. The summed E-state index contributed by atoms with van der Waals surface area (Å²) >= 11 is 0. The Hall–Kier alpha value is -2.54. The van der Waals surface area contributed by atoms with Crippen LogP contribution in [-0.4, -0.2) is 44.1 Å². The van der Waals surface area contributed by atoms with Crippen LogP contribution in [0.3, 0.4) is 0 Å². The van der Waals surface area contributed by atoms with Crippen molar-refractivity contribution in [3.63, 3.8) is 0 Å². The topological polar surface area (TPSA) is 189 Å². The van der Waals surface area contributed by atoms with Crippen LogP contribution in [0.4, 0.5) is 0 Å². The lowest BCUT2D eigenvalue weighted by molar-refractivity contribution is 0.623. The molecule has 0 saturated heterocycles. The second-order valence-corrected chi connectivity index (χ2v) is 6.13. The minimum absolute atomic E-state index is 0.159. The van der Waals surface area contributed by atoms with Gasteiger partial charge in [-0.25, -0.2) is 0 Å². The fraction of sp³-hybridized carbons (Fsp3) is 0.765. The molecular weight excluding hydrogens is 344 g/mol. The number of aliphatic imine (C=N–C) groups is 3. The van der Waals surface area contributed by atoms with Gasteiger partial charge in [-0.05, 0) is 32.2 Å². The fourth-order valence-corrected chi connectivity index (χ4v) is 2.27. The molecule has 0 unspecified atom stereocenters. The maximum atomic E-state index is 8.36. The summed E-state index contributed by atoms with van der Waals surface area (Å²) in [6.45, 7) is 2.69. The minimum atomic E-state index is 0.159. The third kappa shape index (κ3) is 18.1. The largest absolute Gasteiger partial charge is 0.370 e. The maximum Gasteiger partial charge on any atom is 0.202 e. The fourth-order valence-electron chi connectivity index (χ4n) is 2.27. The van der Waals surface area contributed by atoms with Crippen molar-refractivity contribution in [3.05, 3.63) is 0 Å². The molecule has 0 amide bonds. The quantitative estimate of drug-likeness (QED) is 0.0807. The van der Waals surface area contributed by atoms with Crippen LogP contribution in [0.5, 0.6) is 0 Å². The molecule has 0 aromatic heterocycles. The van der Waals surface area contributed by atoms with Gasteiger partial charge >= 0.3 is 0 Å². The van der Waals surface area contributed by atoms with Crippen LogP contribution in [0.2, 0.25) is 0 Å². The Labute approximate surface area is 162 Å². The molecule has 0 radical (unpaired) electrons. The molecule has 0 aromatic rings. The number of guanidine groups is 3. The van der Waals surface area contributed by atoms with Gasteiger partial charge in [-0.15, -0.1) is 0 Å². The zero-order valence-electron chi connectivity index (χ0n) is 16.3. The van der Waals surface area contributed by atoms with E-state index in [2.05, 4.69) is 25.6 Å². The van der Waals surface area contributed by atoms with E-state index in [4.69, 9.17) is 28.2 Å². The van der Waals surface area contributed by atoms with Crippen molar-refractivity contribution >= 4 is 17.9 Å². The van der Waals surface area contributed by atoms with Gasteiger partial charge in [0.05, 0.1) is 0 Å². The summed E-state index contributed by atoms with van der Waals surface area (Å²) < 4.78 is 0. The second-order valence-electron chi connectivity index (χ2n) is 6.13. The number of nitrogens with zero attached hydrogens (tertiary/aromatic N) is 4. The van der Waals surface area contributed by atoms with Gasteiger partial charge in [-0.3, -0.25) is 25.6 Å². The molecule has 10 heteroatoms. The van der Waals surface area contributed by atoms with Gasteiger partial charge in [-0.1, -0.05) is 32.1 Å². The average Bonchev–Trinajstić information content (AvgIpc) is 2.63. The van der Waals surface area contributed by atoms with Crippen molar-refractivity contribution in [3.8, 4) is 6.19 Å². The first-order chi connectivity index (χ1) is 13.1. The van der Waals surface area contributed by atoms with Gasteiger partial charge in [0.25, 0.3) is 0 Å². The molecule has 0 aliphatic heterocycles. The van der Waals surface area contributed by atoms with Crippen LogP contribution in [0.15, 0.2) is 15.0 Å². The van der Waals surface area contributed by atoms with E-state index in [1.165, 1.54) is 12.8 Å². The molecule has 0 spiro atoms. The van der Waals surface area contributed by atoms with E-state index < -0.39 is 0 Å². The molecule has 10 N–H and O–H groups in total. The number of hydrogen-bond acceptors (Lipinski definition) is 5. The lowest BCUT2D eigenvalue weighted by atomic mass is 10.1. The standard InChI is InChI=1S/C17H36N10/c18-10-6-2-1-3-7-12-24-16(21)27-17(22)25-13-9-5-4-8-11-23-15(20)26-14-19/h1-13,18H2,(H3,20,23,26)(H5,21,22,24,25,27). The summed E-state index contributed by atoms with van der Waals surface area (Å²) in [6.07, 6.45) is 11.2. The Bertz CT molecular complexity index is 492. The lowest BCUT2D eigenvalue weighted by Crippen LogP contribution is -2.41. The molecule has 27 heavy (non-hydrogen) atoms. The highest BCUT2D eigenvalue weighted by Crippen LogP contribution is 2.02. The summed E-state index contributed by atoms with van der Waals surface area (Å²) in [7, 11) is 0. The Morgan fingerprint density at radius 1 is 0.667 bits per heavy atom. The van der Waals surface area contributed by atoms with Crippen LogP contribution in [-0.2, 0) is 0 Å². The summed E-state index contributed by atoms with van der Waals surface area (Å²) in [5, 5.41) is 13.4. The van der Waals surface area contributed by atoms with Crippen molar-refractivity contribution in [1.82, 2.24) is 10.6 Å². The molecule has 0 heterocycles. The van der Waals surface area contributed by atoms with Crippen molar-refractivity contribution in [1.29, 1.82) is 5.26 Å². The van der Waals surface area contributed by atoms with E-state index in [9.17, 15) is 0 Å². The predicted octanol–water partition coefficient (Wildman–Crippen LogP) is 0.0604. The maximum absolute atomic E-state index is 8.36. The van der Waals surface area contributed by atoms with E-state index in [1.807, 2.05) is 0 Å². The summed E-state index contributed by atoms with van der Waals surface area (Å²) in [6, 6.07) is 0. The van der Waals surface area contributed by atoms with Gasteiger partial charge in [0.2, 0.25) is 5.96 Å².